The molecule has 3 rings (SSSR count). The van der Waals surface area contributed by atoms with Crippen molar-refractivity contribution >= 4 is 17.2 Å². The molecule has 2 aromatic heterocycles. The number of imidazole rings is 1. The van der Waals surface area contributed by atoms with Crippen molar-refractivity contribution in [2.45, 2.75) is 26.9 Å². The fraction of sp³-hybridized carbons (Fsp3) is 0.222. The van der Waals surface area contributed by atoms with Gasteiger partial charge in [0.05, 0.1) is 11.3 Å². The zero-order chi connectivity index (χ0) is 18.4. The Kier molecular flexibility index (Phi) is 4.02. The number of halogens is 3. The van der Waals surface area contributed by atoms with Crippen LogP contribution in [0.25, 0.3) is 5.65 Å². The largest absolute Gasteiger partial charge is 0.417 e. The van der Waals surface area contributed by atoms with Gasteiger partial charge in [-0.15, -0.1) is 0 Å². The summed E-state index contributed by atoms with van der Waals surface area (Å²) in [7, 11) is 0. The van der Waals surface area contributed by atoms with E-state index in [1.807, 2.05) is 32.0 Å². The molecule has 3 aromatic rings. The number of aryl methyl sites for hydroxylation is 3. The molecule has 0 unspecified atom stereocenters. The van der Waals surface area contributed by atoms with Gasteiger partial charge in [0, 0.05) is 11.9 Å². The smallest absolute Gasteiger partial charge is 0.320 e. The number of pyridine rings is 1. The van der Waals surface area contributed by atoms with Crippen LogP contribution in [-0.2, 0) is 6.18 Å². The van der Waals surface area contributed by atoms with Crippen molar-refractivity contribution in [3.05, 3.63) is 64.6 Å². The first kappa shape index (κ1) is 17.0. The Morgan fingerprint density at radius 3 is 2.52 bits per heavy atom. The van der Waals surface area contributed by atoms with Gasteiger partial charge in [0.15, 0.2) is 0 Å². The van der Waals surface area contributed by atoms with E-state index in [0.717, 1.165) is 23.4 Å². The van der Waals surface area contributed by atoms with E-state index in [1.54, 1.807) is 6.92 Å². The molecule has 0 fully saturated rings. The lowest BCUT2D eigenvalue weighted by Crippen LogP contribution is -2.17. The fourth-order valence-electron chi connectivity index (χ4n) is 2.66. The molecule has 2 heterocycles. The highest BCUT2D eigenvalue weighted by atomic mass is 19.4. The molecule has 0 radical (unpaired) electrons. The average molecular weight is 347 g/mol. The Balaban J connectivity index is 2.06. The first-order valence-corrected chi connectivity index (χ1v) is 7.61. The van der Waals surface area contributed by atoms with Gasteiger partial charge in [-0.05, 0) is 50.1 Å². The van der Waals surface area contributed by atoms with Gasteiger partial charge in [0.1, 0.15) is 11.3 Å². The maximum Gasteiger partial charge on any atom is 0.417 e. The van der Waals surface area contributed by atoms with Crippen LogP contribution >= 0.6 is 0 Å². The van der Waals surface area contributed by atoms with E-state index in [2.05, 4.69) is 10.3 Å². The van der Waals surface area contributed by atoms with Gasteiger partial charge in [-0.3, -0.25) is 9.20 Å². The SMILES string of the molecule is Cc1ccc(C)c(NC(=O)c2c(C)nc3ccc(C(F)(F)F)cn23)c1. The summed E-state index contributed by atoms with van der Waals surface area (Å²) in [4.78, 5) is 16.9. The third-order valence-electron chi connectivity index (χ3n) is 3.98. The van der Waals surface area contributed by atoms with Crippen molar-refractivity contribution in [3.8, 4) is 0 Å². The minimum atomic E-state index is -4.49. The maximum atomic E-state index is 13.0. The topological polar surface area (TPSA) is 46.4 Å². The Hall–Kier alpha value is -2.83. The summed E-state index contributed by atoms with van der Waals surface area (Å²) in [6.07, 6.45) is -3.60. The molecule has 130 valence electrons. The number of nitrogens with zero attached hydrogens (tertiary/aromatic N) is 2. The molecule has 0 aliphatic heterocycles. The minimum Gasteiger partial charge on any atom is -0.320 e. The molecular formula is C18H16F3N3O. The predicted molar refractivity (Wildman–Crippen MR) is 88.8 cm³/mol. The number of fused-ring (bicyclic) bond motifs is 1. The molecule has 25 heavy (non-hydrogen) atoms. The summed E-state index contributed by atoms with van der Waals surface area (Å²) in [5, 5.41) is 2.76. The second kappa shape index (κ2) is 5.91. The molecule has 0 saturated heterocycles. The van der Waals surface area contributed by atoms with Crippen LogP contribution in [0.2, 0.25) is 0 Å². The van der Waals surface area contributed by atoms with Crippen LogP contribution in [0.15, 0.2) is 36.5 Å². The zero-order valence-corrected chi connectivity index (χ0v) is 13.9. The van der Waals surface area contributed by atoms with Gasteiger partial charge < -0.3 is 5.32 Å². The van der Waals surface area contributed by atoms with Crippen molar-refractivity contribution in [3.63, 3.8) is 0 Å². The highest BCUT2D eigenvalue weighted by Crippen LogP contribution is 2.30. The minimum absolute atomic E-state index is 0.0852. The highest BCUT2D eigenvalue weighted by molar-refractivity contribution is 6.04. The standard InChI is InChI=1S/C18H16F3N3O/c1-10-4-5-11(2)14(8-10)23-17(25)16-12(3)22-15-7-6-13(9-24(15)16)18(19,20)21/h4-9H,1-3H3,(H,23,25). The van der Waals surface area contributed by atoms with E-state index in [1.165, 1.54) is 10.5 Å². The molecular weight excluding hydrogens is 331 g/mol. The van der Waals surface area contributed by atoms with Crippen LogP contribution in [0.1, 0.15) is 32.9 Å². The Morgan fingerprint density at radius 2 is 1.84 bits per heavy atom. The molecule has 0 aliphatic rings. The number of hydrogen-bond donors (Lipinski definition) is 1. The number of amides is 1. The number of carbonyl (C=O) groups is 1. The molecule has 0 aliphatic carbocycles. The van der Waals surface area contributed by atoms with Crippen molar-refractivity contribution < 1.29 is 18.0 Å². The van der Waals surface area contributed by atoms with E-state index >= 15 is 0 Å². The Labute approximate surface area is 142 Å². The van der Waals surface area contributed by atoms with Crippen LogP contribution in [0.3, 0.4) is 0 Å². The molecule has 0 spiro atoms. The van der Waals surface area contributed by atoms with E-state index in [9.17, 15) is 18.0 Å². The predicted octanol–water partition coefficient (Wildman–Crippen LogP) is 4.53. The van der Waals surface area contributed by atoms with E-state index in [0.29, 0.717) is 11.4 Å². The summed E-state index contributed by atoms with van der Waals surface area (Å²) in [6.45, 7) is 5.33. The second-order valence-electron chi connectivity index (χ2n) is 5.96. The number of rotatable bonds is 2. The van der Waals surface area contributed by atoms with Crippen molar-refractivity contribution in [1.29, 1.82) is 0 Å². The van der Waals surface area contributed by atoms with E-state index < -0.39 is 17.6 Å². The molecule has 1 aromatic carbocycles. The number of nitrogens with one attached hydrogen (secondary N) is 1. The van der Waals surface area contributed by atoms with Gasteiger partial charge in [-0.1, -0.05) is 12.1 Å². The number of carbonyl (C=O) groups excluding carboxylic acids is 1. The van der Waals surface area contributed by atoms with Crippen LogP contribution in [-0.4, -0.2) is 15.3 Å². The summed E-state index contributed by atoms with van der Waals surface area (Å²) < 4.78 is 40.1. The zero-order valence-electron chi connectivity index (χ0n) is 13.9. The van der Waals surface area contributed by atoms with Crippen molar-refractivity contribution in [2.24, 2.45) is 0 Å². The molecule has 0 saturated carbocycles. The van der Waals surface area contributed by atoms with Crippen molar-refractivity contribution in [1.82, 2.24) is 9.38 Å². The molecule has 1 N–H and O–H groups in total. The quantitative estimate of drug-likeness (QED) is 0.740. The lowest BCUT2D eigenvalue weighted by Gasteiger charge is -2.11. The first-order chi connectivity index (χ1) is 11.7. The lowest BCUT2D eigenvalue weighted by atomic mass is 10.1. The Bertz CT molecular complexity index is 974. The maximum absolute atomic E-state index is 13.0. The number of aromatic nitrogens is 2. The summed E-state index contributed by atoms with van der Waals surface area (Å²) >= 11 is 0. The summed E-state index contributed by atoms with van der Waals surface area (Å²) in [5.41, 5.74) is 2.35. The van der Waals surface area contributed by atoms with Crippen LogP contribution < -0.4 is 5.32 Å². The average Bonchev–Trinajstić information content (AvgIpc) is 2.85. The van der Waals surface area contributed by atoms with Gasteiger partial charge >= 0.3 is 6.18 Å². The highest BCUT2D eigenvalue weighted by Gasteiger charge is 2.31. The van der Waals surface area contributed by atoms with Gasteiger partial charge in [0.25, 0.3) is 5.91 Å². The number of anilines is 1. The molecule has 7 heteroatoms. The van der Waals surface area contributed by atoms with Gasteiger partial charge in [-0.2, -0.15) is 13.2 Å². The van der Waals surface area contributed by atoms with Gasteiger partial charge in [0.2, 0.25) is 0 Å². The Morgan fingerprint density at radius 1 is 1.12 bits per heavy atom. The third kappa shape index (κ3) is 3.22. The number of benzene rings is 1. The van der Waals surface area contributed by atoms with Crippen molar-refractivity contribution in [2.75, 3.05) is 5.32 Å². The first-order valence-electron chi connectivity index (χ1n) is 7.61. The monoisotopic (exact) mass is 347 g/mol. The lowest BCUT2D eigenvalue weighted by molar-refractivity contribution is -0.137. The molecule has 4 nitrogen and oxygen atoms in total. The number of alkyl halides is 3. The fourth-order valence-corrected chi connectivity index (χ4v) is 2.66. The van der Waals surface area contributed by atoms with E-state index in [4.69, 9.17) is 0 Å². The van der Waals surface area contributed by atoms with E-state index in [-0.39, 0.29) is 11.3 Å². The third-order valence-corrected chi connectivity index (χ3v) is 3.98. The summed E-state index contributed by atoms with van der Waals surface area (Å²) in [6, 6.07) is 7.81. The molecule has 0 atom stereocenters. The molecule has 1 amide bonds. The molecule has 0 bridgehead atoms. The van der Waals surface area contributed by atoms with Crippen LogP contribution in [0.4, 0.5) is 18.9 Å². The number of hydrogen-bond acceptors (Lipinski definition) is 2. The van der Waals surface area contributed by atoms with Crippen LogP contribution in [0, 0.1) is 20.8 Å². The van der Waals surface area contributed by atoms with Crippen LogP contribution in [0.5, 0.6) is 0 Å². The second-order valence-corrected chi connectivity index (χ2v) is 5.96. The normalized spacial score (nSPS) is 11.8. The summed E-state index contributed by atoms with van der Waals surface area (Å²) in [5.74, 6) is -0.502. The van der Waals surface area contributed by atoms with Gasteiger partial charge in [-0.25, -0.2) is 4.98 Å².